The van der Waals surface area contributed by atoms with Crippen LogP contribution in [0.15, 0.2) is 60.7 Å². The van der Waals surface area contributed by atoms with Crippen LogP contribution in [0.5, 0.6) is 5.75 Å². The minimum Gasteiger partial charge on any atom is -0.497 e. The Morgan fingerprint density at radius 1 is 0.795 bits per heavy atom. The maximum atomic E-state index is 6.26. The molecule has 0 radical (unpaired) electrons. The first-order chi connectivity index (χ1) is 18.9. The van der Waals surface area contributed by atoms with Gasteiger partial charge in [0.05, 0.1) is 23.8 Å². The molecule has 0 saturated carbocycles. The van der Waals surface area contributed by atoms with Crippen molar-refractivity contribution >= 4 is 62.6 Å². The zero-order chi connectivity index (χ0) is 27.4. The van der Waals surface area contributed by atoms with E-state index >= 15 is 0 Å². The predicted octanol–water partition coefficient (Wildman–Crippen LogP) is 6.13. The quantitative estimate of drug-likeness (QED) is 0.142. The van der Waals surface area contributed by atoms with Crippen LogP contribution in [0.2, 0.25) is 5.02 Å². The standard InChI is InChI=1S/C29H31ClN8O/c1-5-18-6-9-20(10-7-18)33-28-35-27(36-29(37-28)38(2)3)32-15-14-31-26-22-12-8-19(30)16-25(22)34-24-13-11-21(39-4)17-23(24)26/h6-13,16-17H,5,14-15H2,1-4H3,(H,31,34)(H2,32,33,35,36,37). The third-order valence-electron chi connectivity index (χ3n) is 6.29. The van der Waals surface area contributed by atoms with E-state index in [-0.39, 0.29) is 0 Å². The zero-order valence-electron chi connectivity index (χ0n) is 22.4. The van der Waals surface area contributed by atoms with Crippen molar-refractivity contribution in [1.82, 2.24) is 19.9 Å². The molecule has 0 aliphatic heterocycles. The van der Waals surface area contributed by atoms with Crippen molar-refractivity contribution in [2.75, 3.05) is 55.1 Å². The normalized spacial score (nSPS) is 11.0. The van der Waals surface area contributed by atoms with Gasteiger partial charge in [0.1, 0.15) is 5.75 Å². The number of hydrogen-bond donors (Lipinski definition) is 3. The highest BCUT2D eigenvalue weighted by atomic mass is 35.5. The largest absolute Gasteiger partial charge is 0.497 e. The van der Waals surface area contributed by atoms with E-state index in [1.54, 1.807) is 7.11 Å². The van der Waals surface area contributed by atoms with Crippen molar-refractivity contribution in [3.8, 4) is 5.75 Å². The minimum atomic E-state index is 0.475. The van der Waals surface area contributed by atoms with Gasteiger partial charge in [-0.05, 0) is 60.5 Å². The predicted molar refractivity (Wildman–Crippen MR) is 161 cm³/mol. The summed E-state index contributed by atoms with van der Waals surface area (Å²) in [6, 6.07) is 19.8. The van der Waals surface area contributed by atoms with Crippen LogP contribution in [-0.4, -0.2) is 54.2 Å². The lowest BCUT2D eigenvalue weighted by molar-refractivity contribution is 0.415. The third-order valence-corrected chi connectivity index (χ3v) is 6.53. The number of nitrogens with one attached hydrogen (secondary N) is 3. The Balaban J connectivity index is 1.35. The van der Waals surface area contributed by atoms with Gasteiger partial charge in [-0.25, -0.2) is 4.98 Å². The molecule has 5 rings (SSSR count). The molecule has 3 aromatic carbocycles. The van der Waals surface area contributed by atoms with E-state index in [4.69, 9.17) is 21.3 Å². The Bertz CT molecular complexity index is 1610. The molecule has 3 N–H and O–H groups in total. The average Bonchev–Trinajstić information content (AvgIpc) is 2.94. The molecule has 9 nitrogen and oxygen atoms in total. The second kappa shape index (κ2) is 11.6. The Hall–Kier alpha value is -4.37. The van der Waals surface area contributed by atoms with Gasteiger partial charge in [0.25, 0.3) is 0 Å². The summed E-state index contributed by atoms with van der Waals surface area (Å²) in [4.78, 5) is 20.3. The van der Waals surface area contributed by atoms with Crippen LogP contribution in [0.25, 0.3) is 21.8 Å². The molecule has 39 heavy (non-hydrogen) atoms. The fraction of sp³-hybridized carbons (Fsp3) is 0.241. The molecule has 0 bridgehead atoms. The first-order valence-electron chi connectivity index (χ1n) is 12.8. The van der Waals surface area contributed by atoms with Crippen LogP contribution < -0.4 is 25.6 Å². The van der Waals surface area contributed by atoms with Crippen LogP contribution in [0.4, 0.5) is 29.2 Å². The lowest BCUT2D eigenvalue weighted by Crippen LogP contribution is -2.19. The molecule has 2 aromatic heterocycles. The van der Waals surface area contributed by atoms with Crippen molar-refractivity contribution in [1.29, 1.82) is 0 Å². The summed E-state index contributed by atoms with van der Waals surface area (Å²) in [7, 11) is 5.47. The van der Waals surface area contributed by atoms with Crippen molar-refractivity contribution in [3.63, 3.8) is 0 Å². The fourth-order valence-corrected chi connectivity index (χ4v) is 4.39. The first-order valence-corrected chi connectivity index (χ1v) is 13.2. The van der Waals surface area contributed by atoms with E-state index in [9.17, 15) is 0 Å². The van der Waals surface area contributed by atoms with Crippen molar-refractivity contribution in [3.05, 3.63) is 71.2 Å². The molecule has 0 aliphatic rings. The lowest BCUT2D eigenvalue weighted by Gasteiger charge is -2.16. The molecular formula is C29H31ClN8O. The van der Waals surface area contributed by atoms with Gasteiger partial charge in [-0.3, -0.25) is 0 Å². The number of benzene rings is 3. The molecule has 0 amide bonds. The van der Waals surface area contributed by atoms with Crippen LogP contribution in [0.3, 0.4) is 0 Å². The van der Waals surface area contributed by atoms with Gasteiger partial charge in [-0.2, -0.15) is 15.0 Å². The summed E-state index contributed by atoms with van der Waals surface area (Å²) >= 11 is 6.26. The molecule has 0 unspecified atom stereocenters. The van der Waals surface area contributed by atoms with Crippen molar-refractivity contribution < 1.29 is 4.74 Å². The highest BCUT2D eigenvalue weighted by Gasteiger charge is 2.12. The molecule has 0 saturated heterocycles. The first kappa shape index (κ1) is 26.2. The second-order valence-corrected chi connectivity index (χ2v) is 9.67. The van der Waals surface area contributed by atoms with E-state index in [0.29, 0.717) is 36.0 Å². The Morgan fingerprint density at radius 2 is 1.56 bits per heavy atom. The molecule has 0 atom stereocenters. The Morgan fingerprint density at radius 3 is 2.31 bits per heavy atom. The van der Waals surface area contributed by atoms with Gasteiger partial charge in [-0.15, -0.1) is 0 Å². The number of methoxy groups -OCH3 is 1. The highest BCUT2D eigenvalue weighted by molar-refractivity contribution is 6.31. The second-order valence-electron chi connectivity index (χ2n) is 9.24. The number of aromatic nitrogens is 4. The van der Waals surface area contributed by atoms with Gasteiger partial charge >= 0.3 is 0 Å². The third kappa shape index (κ3) is 6.04. The number of rotatable bonds is 10. The summed E-state index contributed by atoms with van der Waals surface area (Å²) < 4.78 is 5.47. The fourth-order valence-electron chi connectivity index (χ4n) is 4.23. The number of fused-ring (bicyclic) bond motifs is 2. The maximum Gasteiger partial charge on any atom is 0.233 e. The molecule has 2 heterocycles. The van der Waals surface area contributed by atoms with Gasteiger partial charge < -0.3 is 25.6 Å². The van der Waals surface area contributed by atoms with E-state index in [0.717, 1.165) is 45.4 Å². The van der Waals surface area contributed by atoms with Crippen LogP contribution in [0.1, 0.15) is 12.5 Å². The monoisotopic (exact) mass is 542 g/mol. The Kier molecular flexibility index (Phi) is 7.79. The lowest BCUT2D eigenvalue weighted by atomic mass is 10.1. The number of aryl methyl sites for hydroxylation is 1. The van der Waals surface area contributed by atoms with Gasteiger partial charge in [-0.1, -0.05) is 30.7 Å². The van der Waals surface area contributed by atoms with E-state index < -0.39 is 0 Å². The van der Waals surface area contributed by atoms with Crippen LogP contribution in [-0.2, 0) is 6.42 Å². The van der Waals surface area contributed by atoms with Gasteiger partial charge in [0.15, 0.2) is 0 Å². The molecule has 0 spiro atoms. The molecule has 10 heteroatoms. The van der Waals surface area contributed by atoms with Gasteiger partial charge in [0, 0.05) is 48.7 Å². The summed E-state index contributed by atoms with van der Waals surface area (Å²) in [6.07, 6.45) is 0.991. The highest BCUT2D eigenvalue weighted by Crippen LogP contribution is 2.34. The van der Waals surface area contributed by atoms with E-state index in [1.165, 1.54) is 5.56 Å². The summed E-state index contributed by atoms with van der Waals surface area (Å²) in [5.41, 5.74) is 4.84. The van der Waals surface area contributed by atoms with Gasteiger partial charge in [0.2, 0.25) is 17.8 Å². The SMILES string of the molecule is CCc1ccc(Nc2nc(NCCNc3c4ccc(Cl)cc4nc4ccc(OC)cc34)nc(N(C)C)n2)cc1. The number of anilines is 5. The zero-order valence-corrected chi connectivity index (χ0v) is 23.2. The molecular weight excluding hydrogens is 512 g/mol. The topological polar surface area (TPSA) is 100 Å². The minimum absolute atomic E-state index is 0.475. The number of pyridine rings is 1. The molecule has 200 valence electrons. The summed E-state index contributed by atoms with van der Waals surface area (Å²) in [5, 5.41) is 12.8. The molecule has 0 fully saturated rings. The average molecular weight is 543 g/mol. The number of halogens is 1. The molecule has 5 aromatic rings. The number of hydrogen-bond acceptors (Lipinski definition) is 9. The number of ether oxygens (including phenoxy) is 1. The van der Waals surface area contributed by atoms with E-state index in [1.807, 2.05) is 67.5 Å². The van der Waals surface area contributed by atoms with E-state index in [2.05, 4.69) is 50.0 Å². The van der Waals surface area contributed by atoms with Crippen molar-refractivity contribution in [2.24, 2.45) is 0 Å². The molecule has 0 aliphatic carbocycles. The van der Waals surface area contributed by atoms with Crippen LogP contribution >= 0.6 is 11.6 Å². The van der Waals surface area contributed by atoms with Crippen LogP contribution in [0, 0.1) is 0 Å². The van der Waals surface area contributed by atoms with Crippen molar-refractivity contribution in [2.45, 2.75) is 13.3 Å². The smallest absolute Gasteiger partial charge is 0.233 e. The summed E-state index contributed by atoms with van der Waals surface area (Å²) in [6.45, 7) is 3.32. The maximum absolute atomic E-state index is 6.26. The Labute approximate surface area is 232 Å². The summed E-state index contributed by atoms with van der Waals surface area (Å²) in [5.74, 6) is 2.29. The number of nitrogens with zero attached hydrogens (tertiary/aromatic N) is 5.